The van der Waals surface area contributed by atoms with Crippen molar-refractivity contribution in [2.24, 2.45) is 0 Å². The first kappa shape index (κ1) is 16.4. The predicted molar refractivity (Wildman–Crippen MR) is 70.9 cm³/mol. The van der Waals surface area contributed by atoms with Crippen LogP contribution in [0.4, 0.5) is 0 Å². The molecule has 0 aromatic carbocycles. The lowest BCUT2D eigenvalue weighted by Gasteiger charge is -2.30. The second-order valence-electron chi connectivity index (χ2n) is 4.26. The maximum absolute atomic E-state index is 8.91. The fourth-order valence-electron chi connectivity index (χ4n) is 2.06. The van der Waals surface area contributed by atoms with Gasteiger partial charge < -0.3 is 10.1 Å². The molecule has 0 spiro atoms. The Labute approximate surface area is 106 Å². The molecular weight excluding hydrogens is 214 g/mol. The first-order valence-corrected chi connectivity index (χ1v) is 6.53. The number of hydrogen-bond donors (Lipinski definition) is 1. The van der Waals surface area contributed by atoms with Gasteiger partial charge in [0.25, 0.3) is 0 Å². The number of ether oxygens (including phenoxy) is 1. The van der Waals surface area contributed by atoms with Crippen molar-refractivity contribution in [2.75, 3.05) is 33.9 Å². The summed E-state index contributed by atoms with van der Waals surface area (Å²) in [5.74, 6) is 0. The molecule has 0 aromatic rings. The molecule has 0 saturated heterocycles. The van der Waals surface area contributed by atoms with E-state index >= 15 is 0 Å². The summed E-state index contributed by atoms with van der Waals surface area (Å²) in [5, 5.41) is 11.9. The molecule has 4 heteroatoms. The maximum Gasteiger partial charge on any atom is 0.0962 e. The lowest BCUT2D eigenvalue weighted by molar-refractivity contribution is 0.113. The molecule has 0 aliphatic rings. The minimum absolute atomic E-state index is 0.0468. The van der Waals surface area contributed by atoms with Gasteiger partial charge in [0, 0.05) is 26.2 Å². The van der Waals surface area contributed by atoms with Gasteiger partial charge in [-0.2, -0.15) is 5.26 Å². The minimum atomic E-state index is -0.0468. The molecule has 4 nitrogen and oxygen atoms in total. The van der Waals surface area contributed by atoms with Crippen molar-refractivity contribution in [1.82, 2.24) is 10.2 Å². The lowest BCUT2D eigenvalue weighted by Crippen LogP contribution is -2.40. The Morgan fingerprint density at radius 2 is 1.94 bits per heavy atom. The predicted octanol–water partition coefficient (Wildman–Crippen LogP) is 1.63. The Morgan fingerprint density at radius 3 is 2.35 bits per heavy atom. The smallest absolute Gasteiger partial charge is 0.0962 e. The number of hydrogen-bond acceptors (Lipinski definition) is 4. The van der Waals surface area contributed by atoms with Gasteiger partial charge in [0.05, 0.1) is 18.7 Å². The van der Waals surface area contributed by atoms with E-state index in [0.29, 0.717) is 6.04 Å². The summed E-state index contributed by atoms with van der Waals surface area (Å²) in [6, 6.07) is 2.82. The zero-order chi connectivity index (χ0) is 13.1. The molecule has 0 rings (SSSR count). The van der Waals surface area contributed by atoms with Gasteiger partial charge in [-0.25, -0.2) is 0 Å². The highest BCUT2D eigenvalue weighted by molar-refractivity contribution is 4.89. The molecule has 0 bridgehead atoms. The number of rotatable bonds is 10. The molecule has 17 heavy (non-hydrogen) atoms. The zero-order valence-electron chi connectivity index (χ0n) is 11.7. The SMILES string of the molecule is CCC(CC)N(CCOC)CCC(C#N)NC. The average Bonchev–Trinajstić information content (AvgIpc) is 2.37. The van der Waals surface area contributed by atoms with Gasteiger partial charge in [0.2, 0.25) is 0 Å². The third-order valence-electron chi connectivity index (χ3n) is 3.25. The molecule has 0 fully saturated rings. The number of nitrogens with one attached hydrogen (secondary N) is 1. The van der Waals surface area contributed by atoms with Crippen LogP contribution in [0.1, 0.15) is 33.1 Å². The number of nitrogens with zero attached hydrogens (tertiary/aromatic N) is 2. The Bertz CT molecular complexity index is 211. The molecule has 1 atom stereocenters. The fourth-order valence-corrected chi connectivity index (χ4v) is 2.06. The summed E-state index contributed by atoms with van der Waals surface area (Å²) >= 11 is 0. The molecule has 0 heterocycles. The first-order chi connectivity index (χ1) is 8.23. The normalized spacial score (nSPS) is 13.0. The first-order valence-electron chi connectivity index (χ1n) is 6.53. The molecule has 1 unspecified atom stereocenters. The monoisotopic (exact) mass is 241 g/mol. The molecule has 100 valence electrons. The van der Waals surface area contributed by atoms with Crippen LogP contribution in [0.15, 0.2) is 0 Å². The Hall–Kier alpha value is -0.630. The highest BCUT2D eigenvalue weighted by Crippen LogP contribution is 2.09. The van der Waals surface area contributed by atoms with Crippen LogP contribution in [0.2, 0.25) is 0 Å². The van der Waals surface area contributed by atoms with Crippen molar-refractivity contribution in [1.29, 1.82) is 5.26 Å². The maximum atomic E-state index is 8.91. The van der Waals surface area contributed by atoms with Crippen LogP contribution in [0, 0.1) is 11.3 Å². The summed E-state index contributed by atoms with van der Waals surface area (Å²) in [6.45, 7) is 7.09. The van der Waals surface area contributed by atoms with Crippen LogP contribution < -0.4 is 5.32 Å². The number of nitriles is 1. The van der Waals surface area contributed by atoms with Crippen molar-refractivity contribution in [3.8, 4) is 6.07 Å². The van der Waals surface area contributed by atoms with E-state index in [9.17, 15) is 0 Å². The molecule has 0 aliphatic carbocycles. The molecule has 0 amide bonds. The fraction of sp³-hybridized carbons (Fsp3) is 0.923. The van der Waals surface area contributed by atoms with Crippen molar-refractivity contribution in [3.63, 3.8) is 0 Å². The van der Waals surface area contributed by atoms with Crippen LogP contribution in [0.25, 0.3) is 0 Å². The standard InChI is InChI=1S/C13H27N3O/c1-5-13(6-2)16(9-10-17-4)8-7-12(11-14)15-3/h12-13,15H,5-10H2,1-4H3. The average molecular weight is 241 g/mol. The summed E-state index contributed by atoms with van der Waals surface area (Å²) in [4.78, 5) is 2.44. The van der Waals surface area contributed by atoms with Gasteiger partial charge in [-0.1, -0.05) is 13.8 Å². The summed E-state index contributed by atoms with van der Waals surface area (Å²) in [6.07, 6.45) is 3.17. The van der Waals surface area contributed by atoms with E-state index in [1.165, 1.54) is 0 Å². The van der Waals surface area contributed by atoms with Gasteiger partial charge in [0.1, 0.15) is 0 Å². The highest BCUT2D eigenvalue weighted by atomic mass is 16.5. The Balaban J connectivity index is 4.22. The van der Waals surface area contributed by atoms with Crippen LogP contribution in [0.3, 0.4) is 0 Å². The van der Waals surface area contributed by atoms with Gasteiger partial charge in [-0.15, -0.1) is 0 Å². The Kier molecular flexibility index (Phi) is 10.1. The van der Waals surface area contributed by atoms with Crippen molar-refractivity contribution in [3.05, 3.63) is 0 Å². The molecule has 0 radical (unpaired) electrons. The van der Waals surface area contributed by atoms with E-state index in [-0.39, 0.29) is 6.04 Å². The second kappa shape index (κ2) is 10.5. The minimum Gasteiger partial charge on any atom is -0.383 e. The topological polar surface area (TPSA) is 48.3 Å². The van der Waals surface area contributed by atoms with Crippen LogP contribution >= 0.6 is 0 Å². The zero-order valence-corrected chi connectivity index (χ0v) is 11.7. The third-order valence-corrected chi connectivity index (χ3v) is 3.25. The van der Waals surface area contributed by atoms with E-state index in [2.05, 4.69) is 30.1 Å². The van der Waals surface area contributed by atoms with Crippen molar-refractivity contribution >= 4 is 0 Å². The quantitative estimate of drug-likeness (QED) is 0.631. The molecular formula is C13H27N3O. The van der Waals surface area contributed by atoms with Crippen molar-refractivity contribution in [2.45, 2.75) is 45.2 Å². The van der Waals surface area contributed by atoms with Gasteiger partial charge >= 0.3 is 0 Å². The van der Waals surface area contributed by atoms with Crippen molar-refractivity contribution < 1.29 is 4.74 Å². The molecule has 0 aromatic heterocycles. The highest BCUT2D eigenvalue weighted by Gasteiger charge is 2.16. The third kappa shape index (κ3) is 6.62. The van der Waals surface area contributed by atoms with E-state index in [0.717, 1.165) is 39.0 Å². The summed E-state index contributed by atoms with van der Waals surface area (Å²) in [7, 11) is 3.57. The van der Waals surface area contributed by atoms with E-state index in [1.54, 1.807) is 7.11 Å². The van der Waals surface area contributed by atoms with Crippen LogP contribution in [-0.2, 0) is 4.74 Å². The second-order valence-corrected chi connectivity index (χ2v) is 4.26. The van der Waals surface area contributed by atoms with E-state index < -0.39 is 0 Å². The van der Waals surface area contributed by atoms with Crippen LogP contribution in [0.5, 0.6) is 0 Å². The molecule has 0 aliphatic heterocycles. The van der Waals surface area contributed by atoms with E-state index in [1.807, 2.05) is 7.05 Å². The molecule has 1 N–H and O–H groups in total. The Morgan fingerprint density at radius 1 is 1.29 bits per heavy atom. The van der Waals surface area contributed by atoms with Crippen LogP contribution in [-0.4, -0.2) is 50.8 Å². The molecule has 0 saturated carbocycles. The van der Waals surface area contributed by atoms with Gasteiger partial charge in [-0.05, 0) is 26.3 Å². The lowest BCUT2D eigenvalue weighted by atomic mass is 10.1. The van der Waals surface area contributed by atoms with E-state index in [4.69, 9.17) is 10.00 Å². The van der Waals surface area contributed by atoms with Gasteiger partial charge in [0.15, 0.2) is 0 Å². The number of methoxy groups -OCH3 is 1. The largest absolute Gasteiger partial charge is 0.383 e. The van der Waals surface area contributed by atoms with Gasteiger partial charge in [-0.3, -0.25) is 4.90 Å². The summed E-state index contributed by atoms with van der Waals surface area (Å²) in [5.41, 5.74) is 0. The summed E-state index contributed by atoms with van der Waals surface area (Å²) < 4.78 is 5.15.